The van der Waals surface area contributed by atoms with E-state index >= 15 is 0 Å². The van der Waals surface area contributed by atoms with Gasteiger partial charge in [-0.1, -0.05) is 23.9 Å². The number of nitrogens with zero attached hydrogens (tertiary/aromatic N) is 3. The summed E-state index contributed by atoms with van der Waals surface area (Å²) in [5.74, 6) is 0.397. The van der Waals surface area contributed by atoms with E-state index in [1.165, 1.54) is 6.07 Å². The van der Waals surface area contributed by atoms with Gasteiger partial charge in [0.05, 0.1) is 19.7 Å². The van der Waals surface area contributed by atoms with Crippen LogP contribution in [0, 0.1) is 5.82 Å². The summed E-state index contributed by atoms with van der Waals surface area (Å²) in [6, 6.07) is 6.67. The van der Waals surface area contributed by atoms with Crippen LogP contribution in [0.1, 0.15) is 0 Å². The minimum absolute atomic E-state index is 0. The lowest BCUT2D eigenvalue weighted by atomic mass is 10.2. The highest BCUT2D eigenvalue weighted by Crippen LogP contribution is 2.19. The molecule has 0 aliphatic heterocycles. The van der Waals surface area contributed by atoms with Gasteiger partial charge in [0, 0.05) is 5.10 Å². The summed E-state index contributed by atoms with van der Waals surface area (Å²) < 4.78 is 17.3. The third-order valence-electron chi connectivity index (χ3n) is 2.42. The van der Waals surface area contributed by atoms with E-state index in [0.717, 1.165) is 5.16 Å². The highest BCUT2D eigenvalue weighted by Gasteiger charge is 2.23. The van der Waals surface area contributed by atoms with Crippen molar-refractivity contribution in [3.63, 3.8) is 0 Å². The molecule has 0 bridgehead atoms. The van der Waals surface area contributed by atoms with Crippen LogP contribution in [0.4, 0.5) is 4.39 Å². The van der Waals surface area contributed by atoms with Crippen molar-refractivity contribution in [3.8, 4) is 11.4 Å². The second-order valence-electron chi connectivity index (χ2n) is 3.47. The molecule has 17 heavy (non-hydrogen) atoms. The number of aryl methyl sites for hydroxylation is 1. The van der Waals surface area contributed by atoms with Crippen LogP contribution >= 0.6 is 11.8 Å². The van der Waals surface area contributed by atoms with Crippen molar-refractivity contribution in [2.24, 2.45) is 14.1 Å². The molecule has 1 aromatic carbocycles. The molecule has 92 valence electrons. The lowest BCUT2D eigenvalue weighted by Crippen LogP contribution is -3.00. The fraction of sp³-hybridized carbons (Fsp3) is 0.273. The van der Waals surface area contributed by atoms with E-state index in [1.54, 1.807) is 28.6 Å². The standard InChI is InChI=1S/C11H13FN3S.HI/c1-14-10(13-15(2)11(14)16-3)8-6-4-5-7-9(8)12;/h4-7H,1-3H3;1H/q+1;/p-1. The molecule has 0 atom stereocenters. The summed E-state index contributed by atoms with van der Waals surface area (Å²) in [5.41, 5.74) is 0.529. The maximum atomic E-state index is 13.6. The van der Waals surface area contributed by atoms with Gasteiger partial charge >= 0.3 is 5.82 Å². The molecule has 2 rings (SSSR count). The van der Waals surface area contributed by atoms with Crippen LogP contribution in [0.15, 0.2) is 29.4 Å². The van der Waals surface area contributed by atoms with Gasteiger partial charge in [-0.2, -0.15) is 0 Å². The largest absolute Gasteiger partial charge is 1.00 e. The second kappa shape index (κ2) is 5.81. The van der Waals surface area contributed by atoms with Crippen LogP contribution in [0.3, 0.4) is 0 Å². The normalized spacial score (nSPS) is 10.1. The van der Waals surface area contributed by atoms with Gasteiger partial charge < -0.3 is 24.0 Å². The summed E-state index contributed by atoms with van der Waals surface area (Å²) >= 11 is 1.58. The molecule has 0 saturated carbocycles. The Morgan fingerprint density at radius 2 is 2.00 bits per heavy atom. The predicted molar refractivity (Wildman–Crippen MR) is 61.6 cm³/mol. The van der Waals surface area contributed by atoms with E-state index in [2.05, 4.69) is 5.10 Å². The van der Waals surface area contributed by atoms with E-state index in [-0.39, 0.29) is 29.8 Å². The highest BCUT2D eigenvalue weighted by molar-refractivity contribution is 7.98. The molecule has 6 heteroatoms. The first-order valence-electron chi connectivity index (χ1n) is 4.87. The van der Waals surface area contributed by atoms with E-state index in [9.17, 15) is 4.39 Å². The number of benzene rings is 1. The zero-order valence-corrected chi connectivity index (χ0v) is 12.8. The lowest BCUT2D eigenvalue weighted by Gasteiger charge is -1.96. The Bertz CT molecular complexity index is 527. The molecular weight excluding hydrogens is 352 g/mol. The molecule has 1 heterocycles. The molecule has 2 aromatic rings. The summed E-state index contributed by atoms with van der Waals surface area (Å²) in [6.07, 6.45) is 1.97. The summed E-state index contributed by atoms with van der Waals surface area (Å²) in [4.78, 5) is 0. The smallest absolute Gasteiger partial charge is 0.312 e. The minimum Gasteiger partial charge on any atom is -1.00 e. The summed E-state index contributed by atoms with van der Waals surface area (Å²) in [7, 11) is 3.75. The van der Waals surface area contributed by atoms with E-state index in [4.69, 9.17) is 0 Å². The van der Waals surface area contributed by atoms with Gasteiger partial charge in [-0.25, -0.2) is 8.96 Å². The Labute approximate surface area is 121 Å². The number of hydrogen-bond acceptors (Lipinski definition) is 2. The highest BCUT2D eigenvalue weighted by atomic mass is 127. The van der Waals surface area contributed by atoms with Crippen LogP contribution in [-0.2, 0) is 14.1 Å². The molecule has 0 unspecified atom stereocenters. The number of aromatic nitrogens is 3. The van der Waals surface area contributed by atoms with Gasteiger partial charge in [-0.15, -0.1) is 4.68 Å². The Hall–Kier alpha value is -0.630. The van der Waals surface area contributed by atoms with Crippen molar-refractivity contribution >= 4 is 11.8 Å². The fourth-order valence-corrected chi connectivity index (χ4v) is 2.37. The number of rotatable bonds is 2. The van der Waals surface area contributed by atoms with Crippen molar-refractivity contribution in [2.75, 3.05) is 6.26 Å². The molecule has 0 radical (unpaired) electrons. The van der Waals surface area contributed by atoms with Gasteiger partial charge in [0.2, 0.25) is 0 Å². The van der Waals surface area contributed by atoms with Gasteiger partial charge in [0.15, 0.2) is 0 Å². The topological polar surface area (TPSA) is 21.7 Å². The van der Waals surface area contributed by atoms with Crippen LogP contribution in [0.2, 0.25) is 0 Å². The number of halogens is 2. The Morgan fingerprint density at radius 1 is 1.35 bits per heavy atom. The average Bonchev–Trinajstić information content (AvgIpc) is 2.55. The lowest BCUT2D eigenvalue weighted by molar-refractivity contribution is -0.699. The van der Waals surface area contributed by atoms with Gasteiger partial charge in [0.25, 0.3) is 5.16 Å². The van der Waals surface area contributed by atoms with Crippen LogP contribution in [-0.4, -0.2) is 16.0 Å². The molecule has 0 aliphatic carbocycles. The fourth-order valence-electron chi connectivity index (χ4n) is 1.71. The SMILES string of the molecule is CSc1n(C)nc(-c2ccccc2F)[n+]1C.[I-]. The van der Waals surface area contributed by atoms with Gasteiger partial charge in [0.1, 0.15) is 5.82 Å². The molecule has 0 amide bonds. The third-order valence-corrected chi connectivity index (χ3v) is 3.33. The molecule has 3 nitrogen and oxygen atoms in total. The first-order valence-corrected chi connectivity index (χ1v) is 6.09. The molecule has 1 aromatic heterocycles. The predicted octanol–water partition coefficient (Wildman–Crippen LogP) is -1.22. The van der Waals surface area contributed by atoms with Crippen LogP contribution in [0.5, 0.6) is 0 Å². The first kappa shape index (κ1) is 14.4. The maximum absolute atomic E-state index is 13.6. The molecular formula is C11H13FIN3S. The monoisotopic (exact) mass is 365 g/mol. The molecule has 0 aliphatic rings. The van der Waals surface area contributed by atoms with E-state index in [1.807, 2.05) is 31.0 Å². The molecule has 0 spiro atoms. The van der Waals surface area contributed by atoms with Gasteiger partial charge in [-0.05, 0) is 18.4 Å². The Kier molecular flexibility index (Phi) is 4.93. The van der Waals surface area contributed by atoms with Crippen molar-refractivity contribution in [2.45, 2.75) is 5.16 Å². The second-order valence-corrected chi connectivity index (χ2v) is 4.25. The number of hydrogen-bond donors (Lipinski definition) is 0. The van der Waals surface area contributed by atoms with Gasteiger partial charge in [-0.3, -0.25) is 0 Å². The average molecular weight is 365 g/mol. The van der Waals surface area contributed by atoms with Crippen molar-refractivity contribution < 1.29 is 32.9 Å². The summed E-state index contributed by atoms with van der Waals surface area (Å²) in [5, 5.41) is 5.32. The molecule has 0 N–H and O–H groups in total. The first-order chi connectivity index (χ1) is 7.65. The Morgan fingerprint density at radius 3 is 2.53 bits per heavy atom. The van der Waals surface area contributed by atoms with E-state index in [0.29, 0.717) is 11.4 Å². The Balaban J connectivity index is 0.00000144. The minimum atomic E-state index is -0.246. The van der Waals surface area contributed by atoms with Crippen molar-refractivity contribution in [1.29, 1.82) is 0 Å². The quantitative estimate of drug-likeness (QED) is 0.378. The molecule has 0 saturated heterocycles. The zero-order valence-electron chi connectivity index (χ0n) is 9.82. The molecule has 0 fully saturated rings. The van der Waals surface area contributed by atoms with E-state index < -0.39 is 0 Å². The summed E-state index contributed by atoms with van der Waals surface area (Å²) in [6.45, 7) is 0. The van der Waals surface area contributed by atoms with Crippen molar-refractivity contribution in [1.82, 2.24) is 9.78 Å². The number of thioether (sulfide) groups is 1. The van der Waals surface area contributed by atoms with Crippen LogP contribution in [0.25, 0.3) is 11.4 Å². The third kappa shape index (κ3) is 2.62. The maximum Gasteiger partial charge on any atom is 0.312 e. The zero-order chi connectivity index (χ0) is 11.7. The van der Waals surface area contributed by atoms with Crippen molar-refractivity contribution in [3.05, 3.63) is 30.1 Å². The van der Waals surface area contributed by atoms with Crippen LogP contribution < -0.4 is 28.5 Å².